The van der Waals surface area contributed by atoms with Crippen LogP contribution in [0.1, 0.15) is 36.5 Å². The summed E-state index contributed by atoms with van der Waals surface area (Å²) in [6, 6.07) is 3.35. The van der Waals surface area contributed by atoms with Crippen LogP contribution in [-0.2, 0) is 0 Å². The van der Waals surface area contributed by atoms with Gasteiger partial charge in [0.2, 0.25) is 0 Å². The number of amides is 1. The van der Waals surface area contributed by atoms with E-state index in [1.54, 1.807) is 12.1 Å². The molecule has 6 nitrogen and oxygen atoms in total. The Hall–Kier alpha value is -1.37. The van der Waals surface area contributed by atoms with Crippen LogP contribution < -0.4 is 16.6 Å². The zero-order chi connectivity index (χ0) is 15.2. The lowest BCUT2D eigenvalue weighted by molar-refractivity contribution is 0.0911. The van der Waals surface area contributed by atoms with Crippen molar-refractivity contribution in [2.75, 3.05) is 25.1 Å². The highest BCUT2D eigenvalue weighted by molar-refractivity contribution is 6.29. The lowest BCUT2D eigenvalue weighted by Crippen LogP contribution is -2.44. The molecule has 0 spiro atoms. The highest BCUT2D eigenvalue weighted by atomic mass is 35.5. The van der Waals surface area contributed by atoms with Gasteiger partial charge in [0.15, 0.2) is 0 Å². The number of pyridine rings is 1. The molecule has 0 radical (unpaired) electrons. The molecule has 1 fully saturated rings. The predicted octanol–water partition coefficient (Wildman–Crippen LogP) is 1.62. The van der Waals surface area contributed by atoms with Crippen molar-refractivity contribution in [1.82, 2.24) is 15.2 Å². The second-order valence-corrected chi connectivity index (χ2v) is 5.68. The van der Waals surface area contributed by atoms with Crippen molar-refractivity contribution < 1.29 is 4.79 Å². The lowest BCUT2D eigenvalue weighted by atomic mass is 10.0. The van der Waals surface area contributed by atoms with E-state index in [2.05, 4.69) is 27.6 Å². The van der Waals surface area contributed by atoms with Crippen LogP contribution >= 0.6 is 11.6 Å². The van der Waals surface area contributed by atoms with Gasteiger partial charge in [-0.3, -0.25) is 4.79 Å². The van der Waals surface area contributed by atoms with E-state index in [0.29, 0.717) is 11.4 Å². The summed E-state index contributed by atoms with van der Waals surface area (Å²) in [5.41, 5.74) is 2.88. The van der Waals surface area contributed by atoms with E-state index in [1.165, 1.54) is 6.42 Å². The summed E-state index contributed by atoms with van der Waals surface area (Å²) in [5, 5.41) is 3.30. The van der Waals surface area contributed by atoms with Crippen molar-refractivity contribution in [2.45, 2.75) is 32.2 Å². The van der Waals surface area contributed by atoms with Gasteiger partial charge in [0.05, 0.1) is 0 Å². The summed E-state index contributed by atoms with van der Waals surface area (Å²) < 4.78 is 0. The zero-order valence-electron chi connectivity index (χ0n) is 12.2. The monoisotopic (exact) mass is 311 g/mol. The third kappa shape index (κ3) is 4.56. The topological polar surface area (TPSA) is 83.3 Å². The summed E-state index contributed by atoms with van der Waals surface area (Å²) in [4.78, 5) is 18.6. The average molecular weight is 312 g/mol. The summed E-state index contributed by atoms with van der Waals surface area (Å²) >= 11 is 5.88. The number of piperidine rings is 1. The highest BCUT2D eigenvalue weighted by Crippen LogP contribution is 2.15. The largest absolute Gasteiger partial charge is 0.349 e. The Morgan fingerprint density at radius 1 is 1.48 bits per heavy atom. The Morgan fingerprint density at radius 2 is 2.19 bits per heavy atom. The van der Waals surface area contributed by atoms with E-state index in [1.807, 2.05) is 0 Å². The van der Waals surface area contributed by atoms with Gasteiger partial charge in [-0.25, -0.2) is 10.8 Å². The summed E-state index contributed by atoms with van der Waals surface area (Å²) in [6.45, 7) is 5.38. The second-order valence-electron chi connectivity index (χ2n) is 5.30. The van der Waals surface area contributed by atoms with E-state index in [4.69, 9.17) is 17.4 Å². The lowest BCUT2D eigenvalue weighted by Gasteiger charge is -2.32. The highest BCUT2D eigenvalue weighted by Gasteiger charge is 2.21. The van der Waals surface area contributed by atoms with E-state index < -0.39 is 0 Å². The average Bonchev–Trinajstić information content (AvgIpc) is 2.48. The fraction of sp³-hybridized carbons (Fsp3) is 0.571. The minimum absolute atomic E-state index is 0.134. The smallest absolute Gasteiger partial charge is 0.251 e. The second kappa shape index (κ2) is 7.59. The number of nitrogen functional groups attached to an aromatic ring is 1. The standard InChI is InChI=1S/C14H22ClN5O/c1-2-5-20-6-3-11(4-7-20)17-14(21)10-8-12(15)18-13(9-10)19-16/h8-9,11H,2-7,16H2,1H3,(H,17,21)(H,18,19). The van der Waals surface area contributed by atoms with Crippen molar-refractivity contribution in [1.29, 1.82) is 0 Å². The maximum absolute atomic E-state index is 12.3. The van der Waals surface area contributed by atoms with Gasteiger partial charge >= 0.3 is 0 Å². The summed E-state index contributed by atoms with van der Waals surface area (Å²) in [7, 11) is 0. The van der Waals surface area contributed by atoms with Crippen LogP contribution in [0.4, 0.5) is 5.82 Å². The van der Waals surface area contributed by atoms with Crippen molar-refractivity contribution in [3.63, 3.8) is 0 Å². The van der Waals surface area contributed by atoms with Crippen molar-refractivity contribution >= 4 is 23.3 Å². The molecular weight excluding hydrogens is 290 g/mol. The fourth-order valence-corrected chi connectivity index (χ4v) is 2.80. The van der Waals surface area contributed by atoms with Crippen molar-refractivity contribution in [2.24, 2.45) is 5.84 Å². The molecule has 0 unspecified atom stereocenters. The van der Waals surface area contributed by atoms with Crippen LogP contribution in [0.25, 0.3) is 0 Å². The molecular formula is C14H22ClN5O. The molecule has 0 aromatic carbocycles. The molecule has 1 aromatic heterocycles. The third-order valence-electron chi connectivity index (χ3n) is 3.67. The first-order valence-electron chi connectivity index (χ1n) is 7.29. The van der Waals surface area contributed by atoms with Crippen LogP contribution in [0.2, 0.25) is 5.15 Å². The molecule has 2 rings (SSSR count). The Balaban J connectivity index is 1.92. The van der Waals surface area contributed by atoms with Crippen LogP contribution in [0.3, 0.4) is 0 Å². The van der Waals surface area contributed by atoms with E-state index in [9.17, 15) is 4.79 Å². The Bertz CT molecular complexity index is 488. The van der Waals surface area contributed by atoms with Gasteiger partial charge in [0.1, 0.15) is 11.0 Å². The summed E-state index contributed by atoms with van der Waals surface area (Å²) in [6.07, 6.45) is 3.13. The van der Waals surface area contributed by atoms with Crippen LogP contribution in [0.15, 0.2) is 12.1 Å². The Labute approximate surface area is 130 Å². The molecule has 1 aliphatic heterocycles. The van der Waals surface area contributed by atoms with Gasteiger partial charge in [-0.05, 0) is 37.9 Å². The molecule has 1 aromatic rings. The van der Waals surface area contributed by atoms with Crippen LogP contribution in [0, 0.1) is 0 Å². The maximum Gasteiger partial charge on any atom is 0.251 e. The van der Waals surface area contributed by atoms with Gasteiger partial charge in [0, 0.05) is 24.7 Å². The SMILES string of the molecule is CCCN1CCC(NC(=O)c2cc(Cl)nc(NN)c2)CC1. The Morgan fingerprint density at radius 3 is 2.81 bits per heavy atom. The predicted molar refractivity (Wildman–Crippen MR) is 84.3 cm³/mol. The number of nitrogens with zero attached hydrogens (tertiary/aromatic N) is 2. The molecule has 2 heterocycles. The molecule has 0 bridgehead atoms. The van der Waals surface area contributed by atoms with Gasteiger partial charge < -0.3 is 15.6 Å². The van der Waals surface area contributed by atoms with Gasteiger partial charge in [0.25, 0.3) is 5.91 Å². The minimum atomic E-state index is -0.134. The molecule has 1 saturated heterocycles. The first-order chi connectivity index (χ1) is 10.1. The number of rotatable bonds is 5. The summed E-state index contributed by atoms with van der Waals surface area (Å²) in [5.74, 6) is 5.55. The number of aromatic nitrogens is 1. The number of hydrogen-bond donors (Lipinski definition) is 3. The Kier molecular flexibility index (Phi) is 5.78. The number of carbonyl (C=O) groups excluding carboxylic acids is 1. The molecule has 0 atom stereocenters. The zero-order valence-corrected chi connectivity index (χ0v) is 13.0. The number of nitrogens with one attached hydrogen (secondary N) is 2. The van der Waals surface area contributed by atoms with Crippen LogP contribution in [0.5, 0.6) is 0 Å². The molecule has 21 heavy (non-hydrogen) atoms. The van der Waals surface area contributed by atoms with Gasteiger partial charge in [-0.15, -0.1) is 0 Å². The van der Waals surface area contributed by atoms with E-state index >= 15 is 0 Å². The normalized spacial score (nSPS) is 16.7. The van der Waals surface area contributed by atoms with Gasteiger partial charge in [-0.2, -0.15) is 0 Å². The number of likely N-dealkylation sites (tertiary alicyclic amines) is 1. The molecule has 4 N–H and O–H groups in total. The molecule has 116 valence electrons. The van der Waals surface area contributed by atoms with E-state index in [0.717, 1.165) is 32.5 Å². The number of hydrogen-bond acceptors (Lipinski definition) is 5. The molecule has 0 saturated carbocycles. The van der Waals surface area contributed by atoms with Crippen molar-refractivity contribution in [3.8, 4) is 0 Å². The minimum Gasteiger partial charge on any atom is -0.349 e. The fourth-order valence-electron chi connectivity index (χ4n) is 2.59. The number of anilines is 1. The van der Waals surface area contributed by atoms with Gasteiger partial charge in [-0.1, -0.05) is 18.5 Å². The number of halogens is 1. The van der Waals surface area contributed by atoms with Crippen molar-refractivity contribution in [3.05, 3.63) is 22.8 Å². The van der Waals surface area contributed by atoms with Crippen LogP contribution in [-0.4, -0.2) is 41.5 Å². The number of nitrogens with two attached hydrogens (primary N) is 1. The first kappa shape index (κ1) is 16.0. The molecule has 7 heteroatoms. The third-order valence-corrected chi connectivity index (χ3v) is 3.86. The molecule has 1 amide bonds. The first-order valence-corrected chi connectivity index (χ1v) is 7.67. The molecule has 1 aliphatic rings. The maximum atomic E-state index is 12.3. The number of carbonyl (C=O) groups is 1. The number of hydrazine groups is 1. The molecule has 0 aliphatic carbocycles. The quantitative estimate of drug-likeness (QED) is 0.437. The van der Waals surface area contributed by atoms with E-state index in [-0.39, 0.29) is 17.1 Å².